The van der Waals surface area contributed by atoms with Gasteiger partial charge in [0.15, 0.2) is 0 Å². The van der Waals surface area contributed by atoms with Gasteiger partial charge in [0.2, 0.25) is 5.91 Å². The summed E-state index contributed by atoms with van der Waals surface area (Å²) in [6.45, 7) is 10.3. The molecule has 1 heterocycles. The second-order valence-electron chi connectivity index (χ2n) is 5.65. The van der Waals surface area contributed by atoms with Crippen LogP contribution >= 0.6 is 0 Å². The highest BCUT2D eigenvalue weighted by molar-refractivity contribution is 5.85. The highest BCUT2D eigenvalue weighted by Crippen LogP contribution is 2.23. The molecule has 0 radical (unpaired) electrons. The SMILES string of the molecule is CCCN(CC)CCN1C(=O)C(c2ccccc2)NC1C. The Balaban J connectivity index is 1.97. The molecule has 0 saturated carbocycles. The average molecular weight is 289 g/mol. The molecule has 21 heavy (non-hydrogen) atoms. The standard InChI is InChI=1S/C17H27N3O/c1-4-11-19(5-2)12-13-20-14(3)18-16(17(20)21)15-9-7-6-8-10-15/h6-10,14,16,18H,4-5,11-13H2,1-3H3. The third-order valence-electron chi connectivity index (χ3n) is 4.18. The van der Waals surface area contributed by atoms with Crippen LogP contribution in [0.1, 0.15) is 38.8 Å². The van der Waals surface area contributed by atoms with Gasteiger partial charge in [-0.3, -0.25) is 10.1 Å². The Labute approximate surface area is 128 Å². The van der Waals surface area contributed by atoms with Crippen LogP contribution in [-0.2, 0) is 4.79 Å². The number of hydrogen-bond acceptors (Lipinski definition) is 3. The molecular formula is C17H27N3O. The van der Waals surface area contributed by atoms with Gasteiger partial charge < -0.3 is 9.80 Å². The van der Waals surface area contributed by atoms with Gasteiger partial charge in [-0.25, -0.2) is 0 Å². The van der Waals surface area contributed by atoms with Crippen LogP contribution in [0, 0.1) is 0 Å². The van der Waals surface area contributed by atoms with Crippen molar-refractivity contribution in [2.75, 3.05) is 26.2 Å². The second kappa shape index (κ2) is 7.57. The summed E-state index contributed by atoms with van der Waals surface area (Å²) >= 11 is 0. The van der Waals surface area contributed by atoms with Crippen molar-refractivity contribution in [3.8, 4) is 0 Å². The number of amides is 1. The van der Waals surface area contributed by atoms with Crippen molar-refractivity contribution in [2.24, 2.45) is 0 Å². The Hall–Kier alpha value is -1.39. The number of benzene rings is 1. The molecule has 116 valence electrons. The number of carbonyl (C=O) groups is 1. The normalized spacial score (nSPS) is 22.3. The van der Waals surface area contributed by atoms with Crippen LogP contribution in [0.5, 0.6) is 0 Å². The first-order valence-corrected chi connectivity index (χ1v) is 8.01. The summed E-state index contributed by atoms with van der Waals surface area (Å²) in [5.74, 6) is 0.196. The maximum Gasteiger partial charge on any atom is 0.245 e. The Morgan fingerprint density at radius 3 is 2.52 bits per heavy atom. The van der Waals surface area contributed by atoms with Gasteiger partial charge in [0, 0.05) is 13.1 Å². The first kappa shape index (κ1) is 16.0. The topological polar surface area (TPSA) is 35.6 Å². The molecule has 4 nitrogen and oxygen atoms in total. The Morgan fingerprint density at radius 2 is 1.90 bits per heavy atom. The molecule has 4 heteroatoms. The van der Waals surface area contributed by atoms with E-state index in [2.05, 4.69) is 31.0 Å². The molecule has 1 fully saturated rings. The van der Waals surface area contributed by atoms with Gasteiger partial charge in [-0.15, -0.1) is 0 Å². The van der Waals surface area contributed by atoms with Gasteiger partial charge in [0.05, 0.1) is 6.17 Å². The van der Waals surface area contributed by atoms with E-state index in [1.807, 2.05) is 35.2 Å². The summed E-state index contributed by atoms with van der Waals surface area (Å²) in [6.07, 6.45) is 1.26. The lowest BCUT2D eigenvalue weighted by Crippen LogP contribution is -2.41. The van der Waals surface area contributed by atoms with Crippen LogP contribution < -0.4 is 5.32 Å². The minimum atomic E-state index is -0.192. The molecule has 0 spiro atoms. The van der Waals surface area contributed by atoms with E-state index in [1.54, 1.807) is 0 Å². The van der Waals surface area contributed by atoms with E-state index in [0.717, 1.165) is 38.2 Å². The largest absolute Gasteiger partial charge is 0.324 e. The molecule has 0 aliphatic carbocycles. The average Bonchev–Trinajstić information content (AvgIpc) is 2.79. The van der Waals surface area contributed by atoms with E-state index in [4.69, 9.17) is 0 Å². The summed E-state index contributed by atoms with van der Waals surface area (Å²) in [7, 11) is 0. The molecule has 1 aromatic rings. The fourth-order valence-electron chi connectivity index (χ4n) is 2.94. The monoisotopic (exact) mass is 289 g/mol. The molecular weight excluding hydrogens is 262 g/mol. The second-order valence-corrected chi connectivity index (χ2v) is 5.65. The molecule has 0 bridgehead atoms. The predicted octanol–water partition coefficient (Wildman–Crippen LogP) is 2.24. The quantitative estimate of drug-likeness (QED) is 0.836. The van der Waals surface area contributed by atoms with E-state index in [0.29, 0.717) is 0 Å². The van der Waals surface area contributed by atoms with Crippen LogP contribution in [0.15, 0.2) is 30.3 Å². The number of likely N-dealkylation sites (N-methyl/N-ethyl adjacent to an activating group) is 1. The van der Waals surface area contributed by atoms with E-state index in [1.165, 1.54) is 0 Å². The number of nitrogens with zero attached hydrogens (tertiary/aromatic N) is 2. The highest BCUT2D eigenvalue weighted by Gasteiger charge is 2.36. The zero-order valence-corrected chi connectivity index (χ0v) is 13.4. The molecule has 1 aliphatic rings. The summed E-state index contributed by atoms with van der Waals surface area (Å²) in [6, 6.07) is 9.79. The van der Waals surface area contributed by atoms with E-state index in [9.17, 15) is 4.79 Å². The summed E-state index contributed by atoms with van der Waals surface area (Å²) in [5, 5.41) is 3.40. The van der Waals surface area contributed by atoms with Crippen molar-refractivity contribution in [2.45, 2.75) is 39.4 Å². The van der Waals surface area contributed by atoms with Crippen LogP contribution in [-0.4, -0.2) is 48.1 Å². The number of rotatable bonds is 7. The summed E-state index contributed by atoms with van der Waals surface area (Å²) in [4.78, 5) is 17.0. The van der Waals surface area contributed by atoms with Gasteiger partial charge in [0.1, 0.15) is 6.04 Å². The van der Waals surface area contributed by atoms with E-state index < -0.39 is 0 Å². The minimum Gasteiger partial charge on any atom is -0.324 e. The fraction of sp³-hybridized carbons (Fsp3) is 0.588. The van der Waals surface area contributed by atoms with Crippen LogP contribution in [0.4, 0.5) is 0 Å². The van der Waals surface area contributed by atoms with E-state index in [-0.39, 0.29) is 18.1 Å². The molecule has 1 saturated heterocycles. The summed E-state index contributed by atoms with van der Waals surface area (Å²) < 4.78 is 0. The highest BCUT2D eigenvalue weighted by atomic mass is 16.2. The molecule has 1 N–H and O–H groups in total. The third-order valence-corrected chi connectivity index (χ3v) is 4.18. The maximum absolute atomic E-state index is 12.6. The lowest BCUT2D eigenvalue weighted by molar-refractivity contribution is -0.130. The molecule has 2 unspecified atom stereocenters. The van der Waals surface area contributed by atoms with Gasteiger partial charge in [-0.1, -0.05) is 44.2 Å². The molecule has 1 aliphatic heterocycles. The van der Waals surface area contributed by atoms with Crippen LogP contribution in [0.25, 0.3) is 0 Å². The molecule has 2 rings (SSSR count). The number of carbonyl (C=O) groups excluding carboxylic acids is 1. The van der Waals surface area contributed by atoms with Crippen molar-refractivity contribution < 1.29 is 4.79 Å². The predicted molar refractivity (Wildman–Crippen MR) is 85.9 cm³/mol. The van der Waals surface area contributed by atoms with Crippen molar-refractivity contribution >= 4 is 5.91 Å². The summed E-state index contributed by atoms with van der Waals surface area (Å²) in [5.41, 5.74) is 1.05. The lowest BCUT2D eigenvalue weighted by Gasteiger charge is -2.26. The Bertz CT molecular complexity index is 449. The van der Waals surface area contributed by atoms with Crippen molar-refractivity contribution in [1.29, 1.82) is 0 Å². The van der Waals surface area contributed by atoms with Gasteiger partial charge in [0.25, 0.3) is 0 Å². The van der Waals surface area contributed by atoms with Gasteiger partial charge in [-0.05, 0) is 32.0 Å². The number of hydrogen-bond donors (Lipinski definition) is 1. The van der Waals surface area contributed by atoms with E-state index >= 15 is 0 Å². The zero-order chi connectivity index (χ0) is 15.2. The van der Waals surface area contributed by atoms with Crippen LogP contribution in [0.2, 0.25) is 0 Å². The molecule has 0 aromatic heterocycles. The molecule has 1 aromatic carbocycles. The minimum absolute atomic E-state index is 0.100. The van der Waals surface area contributed by atoms with Crippen molar-refractivity contribution in [3.05, 3.63) is 35.9 Å². The first-order chi connectivity index (χ1) is 10.2. The third kappa shape index (κ3) is 3.83. The zero-order valence-electron chi connectivity index (χ0n) is 13.4. The Morgan fingerprint density at radius 1 is 1.19 bits per heavy atom. The number of nitrogens with one attached hydrogen (secondary N) is 1. The Kier molecular flexibility index (Phi) is 5.76. The first-order valence-electron chi connectivity index (χ1n) is 8.01. The smallest absolute Gasteiger partial charge is 0.245 e. The van der Waals surface area contributed by atoms with Crippen molar-refractivity contribution in [3.63, 3.8) is 0 Å². The molecule has 2 atom stereocenters. The molecule has 1 amide bonds. The maximum atomic E-state index is 12.6. The fourth-order valence-corrected chi connectivity index (χ4v) is 2.94. The van der Waals surface area contributed by atoms with Crippen LogP contribution in [0.3, 0.4) is 0 Å². The lowest BCUT2D eigenvalue weighted by atomic mass is 10.1. The van der Waals surface area contributed by atoms with Gasteiger partial charge >= 0.3 is 0 Å². The van der Waals surface area contributed by atoms with Gasteiger partial charge in [-0.2, -0.15) is 0 Å². The van der Waals surface area contributed by atoms with Crippen molar-refractivity contribution in [1.82, 2.24) is 15.1 Å².